The summed E-state index contributed by atoms with van der Waals surface area (Å²) in [5.74, 6) is 0. The Hall–Kier alpha value is -1.89. The topological polar surface area (TPSA) is 54.5 Å². The highest BCUT2D eigenvalue weighted by Gasteiger charge is 2.04. The van der Waals surface area contributed by atoms with Gasteiger partial charge in [-0.3, -0.25) is 0 Å². The number of benzene rings is 1. The van der Waals surface area contributed by atoms with Crippen molar-refractivity contribution in [3.8, 4) is 6.19 Å². The van der Waals surface area contributed by atoms with Crippen molar-refractivity contribution in [2.45, 2.75) is 13.8 Å². The smallest absolute Gasteiger partial charge is 0.170 e. The van der Waals surface area contributed by atoms with Gasteiger partial charge in [-0.1, -0.05) is 5.21 Å². The van der Waals surface area contributed by atoms with E-state index in [4.69, 9.17) is 5.26 Å². The second-order valence-corrected chi connectivity index (χ2v) is 3.03. The molecular weight excluding hydrogens is 164 g/mol. The summed E-state index contributed by atoms with van der Waals surface area (Å²) in [5, 5.41) is 16.3. The second-order valence-electron chi connectivity index (χ2n) is 3.03. The van der Waals surface area contributed by atoms with Crippen LogP contribution in [-0.2, 0) is 0 Å². The van der Waals surface area contributed by atoms with Crippen molar-refractivity contribution in [2.24, 2.45) is 0 Å². The van der Waals surface area contributed by atoms with Crippen LogP contribution in [0.25, 0.3) is 11.0 Å². The molecule has 4 nitrogen and oxygen atoms in total. The van der Waals surface area contributed by atoms with Gasteiger partial charge in [0.15, 0.2) is 0 Å². The molecule has 0 fully saturated rings. The largest absolute Gasteiger partial charge is 0.208 e. The van der Waals surface area contributed by atoms with Crippen molar-refractivity contribution in [3.63, 3.8) is 0 Å². The van der Waals surface area contributed by atoms with Gasteiger partial charge in [0.25, 0.3) is 0 Å². The van der Waals surface area contributed by atoms with E-state index in [9.17, 15) is 0 Å². The quantitative estimate of drug-likeness (QED) is 0.603. The molecule has 0 aliphatic heterocycles. The van der Waals surface area contributed by atoms with E-state index in [0.29, 0.717) is 0 Å². The molecule has 0 bridgehead atoms. The SMILES string of the molecule is Cc1cc2nnn(C#N)c2cc1C. The van der Waals surface area contributed by atoms with E-state index in [1.165, 1.54) is 4.68 Å². The monoisotopic (exact) mass is 172 g/mol. The van der Waals surface area contributed by atoms with Crippen LogP contribution in [-0.4, -0.2) is 15.0 Å². The lowest BCUT2D eigenvalue weighted by molar-refractivity contribution is 0.836. The molecule has 1 aromatic heterocycles. The third kappa shape index (κ3) is 1.05. The number of hydrogen-bond donors (Lipinski definition) is 0. The number of fused-ring (bicyclic) bond motifs is 1. The van der Waals surface area contributed by atoms with Crippen LogP contribution in [0.2, 0.25) is 0 Å². The van der Waals surface area contributed by atoms with Crippen LogP contribution >= 0.6 is 0 Å². The molecule has 0 spiro atoms. The highest BCUT2D eigenvalue weighted by molar-refractivity contribution is 5.76. The molecule has 0 amide bonds. The molecule has 0 atom stereocenters. The van der Waals surface area contributed by atoms with E-state index < -0.39 is 0 Å². The normalized spacial score (nSPS) is 10.2. The number of aromatic nitrogens is 3. The fraction of sp³-hybridized carbons (Fsp3) is 0.222. The molecule has 0 saturated carbocycles. The summed E-state index contributed by atoms with van der Waals surface area (Å²) >= 11 is 0. The maximum Gasteiger partial charge on any atom is 0.208 e. The first-order chi connectivity index (χ1) is 6.22. The van der Waals surface area contributed by atoms with Crippen molar-refractivity contribution in [1.82, 2.24) is 15.0 Å². The molecule has 0 aliphatic carbocycles. The summed E-state index contributed by atoms with van der Waals surface area (Å²) in [6.07, 6.45) is 1.94. The molecule has 0 aliphatic rings. The molecule has 13 heavy (non-hydrogen) atoms. The van der Waals surface area contributed by atoms with Gasteiger partial charge in [-0.15, -0.1) is 9.78 Å². The molecule has 2 rings (SSSR count). The lowest BCUT2D eigenvalue weighted by atomic mass is 10.1. The zero-order valence-electron chi connectivity index (χ0n) is 7.44. The lowest BCUT2D eigenvalue weighted by Gasteiger charge is -1.97. The molecule has 1 aromatic carbocycles. The van der Waals surface area contributed by atoms with E-state index in [1.807, 2.05) is 32.2 Å². The van der Waals surface area contributed by atoms with E-state index in [0.717, 1.165) is 22.2 Å². The van der Waals surface area contributed by atoms with Crippen LogP contribution in [0.4, 0.5) is 0 Å². The number of aryl methyl sites for hydroxylation is 2. The fourth-order valence-electron chi connectivity index (χ4n) is 1.25. The van der Waals surface area contributed by atoms with Gasteiger partial charge < -0.3 is 0 Å². The zero-order chi connectivity index (χ0) is 9.42. The summed E-state index contributed by atoms with van der Waals surface area (Å²) < 4.78 is 1.22. The second kappa shape index (κ2) is 2.56. The van der Waals surface area contributed by atoms with Crippen LogP contribution in [0.1, 0.15) is 11.1 Å². The number of rotatable bonds is 0. The predicted octanol–water partition coefficient (Wildman–Crippen LogP) is 1.38. The van der Waals surface area contributed by atoms with Gasteiger partial charge in [-0.05, 0) is 37.1 Å². The molecule has 0 unspecified atom stereocenters. The third-order valence-corrected chi connectivity index (χ3v) is 2.16. The maximum atomic E-state index is 8.70. The van der Waals surface area contributed by atoms with Gasteiger partial charge in [0.2, 0.25) is 6.19 Å². The molecule has 2 aromatic rings. The highest BCUT2D eigenvalue weighted by Crippen LogP contribution is 2.16. The van der Waals surface area contributed by atoms with E-state index in [-0.39, 0.29) is 0 Å². The van der Waals surface area contributed by atoms with E-state index in [1.54, 1.807) is 0 Å². The van der Waals surface area contributed by atoms with Crippen LogP contribution in [0.3, 0.4) is 0 Å². The first kappa shape index (κ1) is 7.74. The Morgan fingerprint density at radius 3 is 2.69 bits per heavy atom. The summed E-state index contributed by atoms with van der Waals surface area (Å²) in [6, 6.07) is 3.86. The number of hydrogen-bond acceptors (Lipinski definition) is 3. The van der Waals surface area contributed by atoms with Crippen LogP contribution in [0.15, 0.2) is 12.1 Å². The Morgan fingerprint density at radius 1 is 1.31 bits per heavy atom. The molecule has 64 valence electrons. The Balaban J connectivity index is 2.86. The van der Waals surface area contributed by atoms with Gasteiger partial charge in [-0.25, -0.2) is 0 Å². The van der Waals surface area contributed by atoms with Crippen molar-refractivity contribution in [1.29, 1.82) is 5.26 Å². The predicted molar refractivity (Wildman–Crippen MR) is 48.0 cm³/mol. The van der Waals surface area contributed by atoms with Crippen LogP contribution in [0, 0.1) is 25.3 Å². The Morgan fingerprint density at radius 2 is 2.00 bits per heavy atom. The average molecular weight is 172 g/mol. The van der Waals surface area contributed by atoms with Crippen LogP contribution in [0.5, 0.6) is 0 Å². The molecule has 0 N–H and O–H groups in total. The minimum absolute atomic E-state index is 0.768. The lowest BCUT2D eigenvalue weighted by Crippen LogP contribution is -1.90. The Labute approximate surface area is 75.4 Å². The van der Waals surface area contributed by atoms with Gasteiger partial charge in [-0.2, -0.15) is 5.26 Å². The summed E-state index contributed by atoms with van der Waals surface area (Å²) in [4.78, 5) is 0. The van der Waals surface area contributed by atoms with Gasteiger partial charge in [0.1, 0.15) is 11.0 Å². The minimum atomic E-state index is 0.768. The van der Waals surface area contributed by atoms with Gasteiger partial charge >= 0.3 is 0 Å². The van der Waals surface area contributed by atoms with Gasteiger partial charge in [0.05, 0.1) is 0 Å². The summed E-state index contributed by atoms with van der Waals surface area (Å²) in [5.41, 5.74) is 3.85. The molecule has 1 heterocycles. The van der Waals surface area contributed by atoms with Crippen molar-refractivity contribution in [2.75, 3.05) is 0 Å². The molecular formula is C9H8N4. The number of nitriles is 1. The summed E-state index contributed by atoms with van der Waals surface area (Å²) in [7, 11) is 0. The zero-order valence-corrected chi connectivity index (χ0v) is 7.44. The first-order valence-electron chi connectivity index (χ1n) is 3.95. The third-order valence-electron chi connectivity index (χ3n) is 2.16. The van der Waals surface area contributed by atoms with E-state index >= 15 is 0 Å². The minimum Gasteiger partial charge on any atom is -0.170 e. The average Bonchev–Trinajstić information content (AvgIpc) is 2.48. The molecule has 4 heteroatoms. The van der Waals surface area contributed by atoms with Gasteiger partial charge in [0, 0.05) is 0 Å². The highest BCUT2D eigenvalue weighted by atomic mass is 15.4. The van der Waals surface area contributed by atoms with Crippen LogP contribution < -0.4 is 0 Å². The van der Waals surface area contributed by atoms with Crippen molar-refractivity contribution >= 4 is 11.0 Å². The van der Waals surface area contributed by atoms with Crippen molar-refractivity contribution in [3.05, 3.63) is 23.3 Å². The Bertz CT molecular complexity index is 504. The molecule has 0 saturated heterocycles. The first-order valence-corrected chi connectivity index (χ1v) is 3.95. The Kier molecular flexibility index (Phi) is 1.52. The van der Waals surface area contributed by atoms with E-state index in [2.05, 4.69) is 10.3 Å². The standard InChI is InChI=1S/C9H8N4/c1-6-3-8-9(4-7(6)2)13(5-10)12-11-8/h3-4H,1-2H3. The van der Waals surface area contributed by atoms with Crippen molar-refractivity contribution < 1.29 is 0 Å². The molecule has 0 radical (unpaired) electrons. The fourth-order valence-corrected chi connectivity index (χ4v) is 1.25. The maximum absolute atomic E-state index is 8.70. The number of nitrogens with zero attached hydrogens (tertiary/aromatic N) is 4. The summed E-state index contributed by atoms with van der Waals surface area (Å²) in [6.45, 7) is 4.02.